The highest BCUT2D eigenvalue weighted by Gasteiger charge is 2.18. The van der Waals surface area contributed by atoms with Crippen molar-refractivity contribution in [1.29, 1.82) is 5.26 Å². The summed E-state index contributed by atoms with van der Waals surface area (Å²) < 4.78 is 12.9. The minimum atomic E-state index is -0.429. The van der Waals surface area contributed by atoms with Gasteiger partial charge in [0.1, 0.15) is 11.9 Å². The number of hydrogen-bond donors (Lipinski definition) is 2. The summed E-state index contributed by atoms with van der Waals surface area (Å²) in [5.41, 5.74) is 0.520. The fourth-order valence-electron chi connectivity index (χ4n) is 1.42. The molecule has 0 atom stereocenters. The van der Waals surface area contributed by atoms with E-state index in [2.05, 4.69) is 5.32 Å². The zero-order chi connectivity index (χ0) is 12.2. The SMILES string of the molecule is CC(C)(CCO)Nc1ccc(F)cc1C#N. The summed E-state index contributed by atoms with van der Waals surface area (Å²) in [5.74, 6) is -0.429. The Balaban J connectivity index is 2.93. The van der Waals surface area contributed by atoms with Gasteiger partial charge in [-0.05, 0) is 38.5 Å². The zero-order valence-corrected chi connectivity index (χ0v) is 9.42. The van der Waals surface area contributed by atoms with E-state index in [-0.39, 0.29) is 17.7 Å². The Labute approximate surface area is 94.5 Å². The second-order valence-corrected chi connectivity index (χ2v) is 4.28. The summed E-state index contributed by atoms with van der Waals surface area (Å²) in [6.45, 7) is 3.88. The Morgan fingerprint density at radius 2 is 2.19 bits per heavy atom. The fraction of sp³-hybridized carbons (Fsp3) is 0.417. The van der Waals surface area contributed by atoms with E-state index < -0.39 is 5.82 Å². The van der Waals surface area contributed by atoms with Crippen molar-refractivity contribution in [3.8, 4) is 6.07 Å². The molecule has 0 aliphatic rings. The lowest BCUT2D eigenvalue weighted by Crippen LogP contribution is -2.32. The number of aliphatic hydroxyl groups excluding tert-OH is 1. The summed E-state index contributed by atoms with van der Waals surface area (Å²) in [5, 5.41) is 20.9. The first-order chi connectivity index (χ1) is 7.48. The second-order valence-electron chi connectivity index (χ2n) is 4.28. The predicted molar refractivity (Wildman–Crippen MR) is 60.5 cm³/mol. The molecule has 0 aliphatic heterocycles. The van der Waals surface area contributed by atoms with Gasteiger partial charge in [-0.25, -0.2) is 4.39 Å². The smallest absolute Gasteiger partial charge is 0.124 e. The highest BCUT2D eigenvalue weighted by molar-refractivity contribution is 5.58. The van der Waals surface area contributed by atoms with Gasteiger partial charge in [0.05, 0.1) is 11.3 Å². The van der Waals surface area contributed by atoms with Gasteiger partial charge in [-0.3, -0.25) is 0 Å². The molecule has 1 aromatic carbocycles. The lowest BCUT2D eigenvalue weighted by molar-refractivity contribution is 0.261. The first kappa shape index (κ1) is 12.5. The molecule has 3 nitrogen and oxygen atoms in total. The monoisotopic (exact) mass is 222 g/mol. The summed E-state index contributed by atoms with van der Waals surface area (Å²) >= 11 is 0. The number of hydrogen-bond acceptors (Lipinski definition) is 3. The van der Waals surface area contributed by atoms with E-state index in [1.807, 2.05) is 19.9 Å². The minimum Gasteiger partial charge on any atom is -0.396 e. The van der Waals surface area contributed by atoms with Gasteiger partial charge in [0.15, 0.2) is 0 Å². The summed E-state index contributed by atoms with van der Waals surface area (Å²) in [6, 6.07) is 5.97. The average Bonchev–Trinajstić information content (AvgIpc) is 2.20. The van der Waals surface area contributed by atoms with E-state index in [1.165, 1.54) is 18.2 Å². The first-order valence-corrected chi connectivity index (χ1v) is 5.07. The number of rotatable bonds is 4. The molecule has 0 aromatic heterocycles. The molecule has 1 aromatic rings. The number of halogens is 1. The fourth-order valence-corrected chi connectivity index (χ4v) is 1.42. The molecule has 0 unspecified atom stereocenters. The molecule has 0 saturated heterocycles. The highest BCUT2D eigenvalue weighted by atomic mass is 19.1. The van der Waals surface area contributed by atoms with Gasteiger partial charge in [-0.2, -0.15) is 5.26 Å². The van der Waals surface area contributed by atoms with E-state index >= 15 is 0 Å². The van der Waals surface area contributed by atoms with E-state index in [9.17, 15) is 4.39 Å². The third kappa shape index (κ3) is 3.21. The predicted octanol–water partition coefficient (Wildman–Crippen LogP) is 2.27. The van der Waals surface area contributed by atoms with Crippen molar-refractivity contribution in [2.45, 2.75) is 25.8 Å². The number of nitriles is 1. The van der Waals surface area contributed by atoms with Gasteiger partial charge >= 0.3 is 0 Å². The Morgan fingerprint density at radius 3 is 2.75 bits per heavy atom. The van der Waals surface area contributed by atoms with Crippen LogP contribution in [0.4, 0.5) is 10.1 Å². The number of nitrogens with one attached hydrogen (secondary N) is 1. The molecular weight excluding hydrogens is 207 g/mol. The Hall–Kier alpha value is -1.60. The Kier molecular flexibility index (Phi) is 3.86. The highest BCUT2D eigenvalue weighted by Crippen LogP contribution is 2.22. The van der Waals surface area contributed by atoms with Crippen LogP contribution in [0.25, 0.3) is 0 Å². The van der Waals surface area contributed by atoms with Crippen molar-refractivity contribution < 1.29 is 9.50 Å². The number of benzene rings is 1. The topological polar surface area (TPSA) is 56.0 Å². The molecule has 0 bridgehead atoms. The lowest BCUT2D eigenvalue weighted by Gasteiger charge is -2.27. The Morgan fingerprint density at radius 1 is 1.50 bits per heavy atom. The molecule has 0 spiro atoms. The normalized spacial score (nSPS) is 10.9. The second kappa shape index (κ2) is 4.95. The van der Waals surface area contributed by atoms with Crippen molar-refractivity contribution in [1.82, 2.24) is 0 Å². The third-order valence-electron chi connectivity index (χ3n) is 2.31. The largest absolute Gasteiger partial charge is 0.396 e. The quantitative estimate of drug-likeness (QED) is 0.821. The molecule has 0 heterocycles. The van der Waals surface area contributed by atoms with Gasteiger partial charge in [-0.15, -0.1) is 0 Å². The van der Waals surface area contributed by atoms with Crippen LogP contribution in [0.5, 0.6) is 0 Å². The molecule has 0 amide bonds. The lowest BCUT2D eigenvalue weighted by atomic mass is 10.00. The summed E-state index contributed by atoms with van der Waals surface area (Å²) in [6.07, 6.45) is 0.551. The molecular formula is C12H15FN2O. The standard InChI is InChI=1S/C12H15FN2O/c1-12(2,5-6-16)15-11-4-3-10(13)7-9(11)8-14/h3-4,7,15-16H,5-6H2,1-2H3. The Bertz CT molecular complexity index is 410. The maximum absolute atomic E-state index is 12.9. The summed E-state index contributed by atoms with van der Waals surface area (Å²) in [7, 11) is 0. The van der Waals surface area contributed by atoms with Crippen molar-refractivity contribution in [2.75, 3.05) is 11.9 Å². The minimum absolute atomic E-state index is 0.0586. The molecule has 0 radical (unpaired) electrons. The number of anilines is 1. The maximum Gasteiger partial charge on any atom is 0.124 e. The van der Waals surface area contributed by atoms with Crippen LogP contribution in [0.3, 0.4) is 0 Å². The van der Waals surface area contributed by atoms with Crippen LogP contribution < -0.4 is 5.32 Å². The third-order valence-corrected chi connectivity index (χ3v) is 2.31. The van der Waals surface area contributed by atoms with E-state index in [1.54, 1.807) is 0 Å². The van der Waals surface area contributed by atoms with Gasteiger partial charge in [0.2, 0.25) is 0 Å². The molecule has 86 valence electrons. The average molecular weight is 222 g/mol. The summed E-state index contributed by atoms with van der Waals surface area (Å²) in [4.78, 5) is 0. The van der Waals surface area contributed by atoms with Crippen LogP contribution in [-0.4, -0.2) is 17.3 Å². The van der Waals surface area contributed by atoms with Crippen molar-refractivity contribution in [2.24, 2.45) is 0 Å². The van der Waals surface area contributed by atoms with Crippen LogP contribution in [0.15, 0.2) is 18.2 Å². The van der Waals surface area contributed by atoms with Crippen LogP contribution >= 0.6 is 0 Å². The van der Waals surface area contributed by atoms with E-state index in [0.717, 1.165) is 0 Å². The van der Waals surface area contributed by atoms with Crippen LogP contribution in [-0.2, 0) is 0 Å². The van der Waals surface area contributed by atoms with E-state index in [4.69, 9.17) is 10.4 Å². The molecule has 1 rings (SSSR count). The molecule has 0 saturated carbocycles. The zero-order valence-electron chi connectivity index (χ0n) is 9.42. The van der Waals surface area contributed by atoms with E-state index in [0.29, 0.717) is 12.1 Å². The van der Waals surface area contributed by atoms with Crippen molar-refractivity contribution in [3.63, 3.8) is 0 Å². The van der Waals surface area contributed by atoms with Gasteiger partial charge in [0, 0.05) is 12.1 Å². The van der Waals surface area contributed by atoms with Gasteiger partial charge in [0.25, 0.3) is 0 Å². The molecule has 2 N–H and O–H groups in total. The molecule has 16 heavy (non-hydrogen) atoms. The maximum atomic E-state index is 12.9. The number of aliphatic hydroxyl groups is 1. The van der Waals surface area contributed by atoms with Crippen LogP contribution in [0.2, 0.25) is 0 Å². The number of nitrogens with zero attached hydrogens (tertiary/aromatic N) is 1. The molecule has 0 aliphatic carbocycles. The van der Waals surface area contributed by atoms with Gasteiger partial charge < -0.3 is 10.4 Å². The molecule has 4 heteroatoms. The van der Waals surface area contributed by atoms with Crippen molar-refractivity contribution >= 4 is 5.69 Å². The van der Waals surface area contributed by atoms with Crippen LogP contribution in [0, 0.1) is 17.1 Å². The van der Waals surface area contributed by atoms with Crippen LogP contribution in [0.1, 0.15) is 25.8 Å². The first-order valence-electron chi connectivity index (χ1n) is 5.07. The molecule has 0 fully saturated rings. The van der Waals surface area contributed by atoms with Gasteiger partial charge in [-0.1, -0.05) is 0 Å². The van der Waals surface area contributed by atoms with Crippen molar-refractivity contribution in [3.05, 3.63) is 29.6 Å².